The van der Waals surface area contributed by atoms with Gasteiger partial charge in [0.1, 0.15) is 19.8 Å². The van der Waals surface area contributed by atoms with Gasteiger partial charge in [-0.2, -0.15) is 0 Å². The normalized spacial score (nSPS) is 10.3. The van der Waals surface area contributed by atoms with Crippen LogP contribution in [-0.4, -0.2) is 45.5 Å². The van der Waals surface area contributed by atoms with Crippen molar-refractivity contribution < 1.29 is 28.6 Å². The number of hydrogen-bond acceptors (Lipinski definition) is 9. The first-order valence-corrected chi connectivity index (χ1v) is 10.3. The van der Waals surface area contributed by atoms with Crippen molar-refractivity contribution in [2.24, 2.45) is 0 Å². The molecule has 0 saturated heterocycles. The van der Waals surface area contributed by atoms with Crippen LogP contribution in [0.5, 0.6) is 0 Å². The van der Waals surface area contributed by atoms with Crippen molar-refractivity contribution in [2.75, 3.05) is 19.8 Å². The molecule has 0 aliphatic rings. The molecule has 0 aliphatic carbocycles. The highest BCUT2D eigenvalue weighted by atomic mass is 127. The maximum atomic E-state index is 12.4. The lowest BCUT2D eigenvalue weighted by Gasteiger charge is -2.13. The van der Waals surface area contributed by atoms with Gasteiger partial charge in [-0.3, -0.25) is 0 Å². The van der Waals surface area contributed by atoms with Crippen LogP contribution in [0.3, 0.4) is 0 Å². The summed E-state index contributed by atoms with van der Waals surface area (Å²) >= 11 is 4.15. The number of nitrogens with zero attached hydrogens (tertiary/aromatic N) is 3. The van der Waals surface area contributed by atoms with Gasteiger partial charge < -0.3 is 14.2 Å². The van der Waals surface area contributed by atoms with E-state index < -0.39 is 29.0 Å². The Hall–Kier alpha value is -0.990. The lowest BCUT2D eigenvalue weighted by molar-refractivity contribution is 0.165. The van der Waals surface area contributed by atoms with Gasteiger partial charge in [0, 0.05) is 0 Å². The third kappa shape index (κ3) is 7.87. The minimum atomic E-state index is -0.943. The summed E-state index contributed by atoms with van der Waals surface area (Å²) in [4.78, 5) is 69.8. The Balaban J connectivity index is 3.25. The van der Waals surface area contributed by atoms with Crippen LogP contribution in [0, 0.1) is 0 Å². The Labute approximate surface area is 191 Å². The van der Waals surface area contributed by atoms with Gasteiger partial charge in [0.05, 0.1) is 87.4 Å². The van der Waals surface area contributed by atoms with E-state index >= 15 is 0 Å². The van der Waals surface area contributed by atoms with Gasteiger partial charge in [-0.1, -0.05) is 0 Å². The van der Waals surface area contributed by atoms with E-state index in [-0.39, 0.29) is 39.5 Å². The van der Waals surface area contributed by atoms with Crippen molar-refractivity contribution in [2.45, 2.75) is 19.6 Å². The smallest absolute Gasteiger partial charge is 0.367 e. The average molecular weight is 723 g/mol. The van der Waals surface area contributed by atoms with Gasteiger partial charge in [-0.15, -0.1) is 0 Å². The SMILES string of the molecule is O=C(I)OCCn1c(=O)n(CCOC(=O)I)c(=O)n(CCOC(=O)I)c1=O. The molecule has 1 rings (SSSR count). The van der Waals surface area contributed by atoms with E-state index in [0.29, 0.717) is 13.7 Å². The molecule has 12 nitrogen and oxygen atoms in total. The van der Waals surface area contributed by atoms with E-state index in [1.165, 1.54) is 67.8 Å². The van der Waals surface area contributed by atoms with E-state index in [9.17, 15) is 28.8 Å². The number of carbonyl (C=O) groups excluding carboxylic acids is 3. The van der Waals surface area contributed by atoms with E-state index in [2.05, 4.69) is 0 Å². The number of hydrogen-bond donors (Lipinski definition) is 0. The fraction of sp³-hybridized carbons (Fsp3) is 0.500. The molecule has 0 radical (unpaired) electrons. The summed E-state index contributed by atoms with van der Waals surface area (Å²) in [6.07, 6.45) is 0. The summed E-state index contributed by atoms with van der Waals surface area (Å²) in [5.41, 5.74) is -2.83. The predicted octanol–water partition coefficient (Wildman–Crippen LogP) is 0.887. The van der Waals surface area contributed by atoms with Gasteiger partial charge >= 0.3 is 29.0 Å². The van der Waals surface area contributed by atoms with E-state index in [1.54, 1.807) is 0 Å². The Bertz CT molecular complexity index is 744. The fourth-order valence-corrected chi connectivity index (χ4v) is 2.57. The molecule has 0 aliphatic heterocycles. The van der Waals surface area contributed by atoms with Crippen LogP contribution in [0.1, 0.15) is 0 Å². The summed E-state index contributed by atoms with van der Waals surface area (Å²) in [5.74, 6) is 0. The highest BCUT2D eigenvalue weighted by Gasteiger charge is 2.16. The van der Waals surface area contributed by atoms with Gasteiger partial charge in [-0.05, 0) is 0 Å². The van der Waals surface area contributed by atoms with Crippen molar-refractivity contribution in [1.82, 2.24) is 13.7 Å². The molecule has 0 atom stereocenters. The molecule has 1 aromatic heterocycles. The fourth-order valence-electron chi connectivity index (χ4n) is 1.91. The molecule has 0 aromatic carbocycles. The van der Waals surface area contributed by atoms with Crippen LogP contribution in [0.2, 0.25) is 0 Å². The number of carbonyl (C=O) groups is 3. The monoisotopic (exact) mass is 723 g/mol. The van der Waals surface area contributed by atoms with Crippen molar-refractivity contribution >= 4 is 79.7 Å². The van der Waals surface area contributed by atoms with Crippen LogP contribution in [0.25, 0.3) is 0 Å². The summed E-state index contributed by atoms with van der Waals surface area (Å²) in [5, 5.41) is 0. The summed E-state index contributed by atoms with van der Waals surface area (Å²) < 4.78 is 14.3. The molecule has 0 unspecified atom stereocenters. The van der Waals surface area contributed by atoms with Crippen LogP contribution < -0.4 is 17.1 Å². The molecule has 15 heteroatoms. The van der Waals surface area contributed by atoms with Gasteiger partial charge in [0.25, 0.3) is 0 Å². The Morgan fingerprint density at radius 2 is 0.815 bits per heavy atom. The average Bonchev–Trinajstić information content (AvgIpc) is 2.56. The highest BCUT2D eigenvalue weighted by Crippen LogP contribution is 1.93. The lowest BCUT2D eigenvalue weighted by Crippen LogP contribution is -2.55. The quantitative estimate of drug-likeness (QED) is 0.206. The molecular weight excluding hydrogens is 711 g/mol. The first-order valence-electron chi connectivity index (χ1n) is 7.06. The van der Waals surface area contributed by atoms with Crippen LogP contribution in [0.4, 0.5) is 14.4 Å². The Morgan fingerprint density at radius 3 is 1.00 bits per heavy atom. The van der Waals surface area contributed by atoms with Gasteiger partial charge in [0.2, 0.25) is 0 Å². The summed E-state index contributed by atoms with van der Waals surface area (Å²) in [6, 6.07) is 0. The molecule has 0 saturated carbocycles. The second kappa shape index (κ2) is 11.8. The minimum Gasteiger partial charge on any atom is -0.456 e. The van der Waals surface area contributed by atoms with Crippen molar-refractivity contribution in [3.63, 3.8) is 0 Å². The zero-order valence-electron chi connectivity index (χ0n) is 13.4. The number of halogens is 3. The predicted molar refractivity (Wildman–Crippen MR) is 115 cm³/mol. The highest BCUT2D eigenvalue weighted by molar-refractivity contribution is 14.1. The molecular formula is C12H12I3N3O9. The van der Waals surface area contributed by atoms with E-state index in [0.717, 1.165) is 0 Å². The lowest BCUT2D eigenvalue weighted by atomic mass is 10.6. The molecule has 0 bridgehead atoms. The maximum Gasteiger partial charge on any atom is 0.367 e. The first kappa shape index (κ1) is 24.0. The van der Waals surface area contributed by atoms with Crippen molar-refractivity contribution in [3.05, 3.63) is 31.5 Å². The van der Waals surface area contributed by atoms with Crippen LogP contribution in [0.15, 0.2) is 14.4 Å². The zero-order chi connectivity index (χ0) is 20.6. The molecule has 150 valence electrons. The van der Waals surface area contributed by atoms with Crippen molar-refractivity contribution in [3.8, 4) is 0 Å². The second-order valence-corrected chi connectivity index (χ2v) is 7.20. The standard InChI is InChI=1S/C12H12I3N3O9/c13-7(19)25-4-1-16-10(22)17(2-5-26-8(14)20)12(24)18(11(16)23)3-6-27-9(15)21/h1-6H2. The number of aromatic nitrogens is 3. The zero-order valence-corrected chi connectivity index (χ0v) is 19.9. The molecule has 0 spiro atoms. The van der Waals surface area contributed by atoms with Crippen molar-refractivity contribution in [1.29, 1.82) is 0 Å². The van der Waals surface area contributed by atoms with Gasteiger partial charge in [-0.25, -0.2) is 42.5 Å². The number of rotatable bonds is 9. The molecule has 1 heterocycles. The van der Waals surface area contributed by atoms with E-state index in [4.69, 9.17) is 14.2 Å². The summed E-state index contributed by atoms with van der Waals surface area (Å²) in [7, 11) is 0. The topological polar surface area (TPSA) is 145 Å². The molecule has 0 amide bonds. The molecule has 27 heavy (non-hydrogen) atoms. The Kier molecular flexibility index (Phi) is 10.5. The molecule has 0 N–H and O–H groups in total. The van der Waals surface area contributed by atoms with Crippen LogP contribution in [-0.2, 0) is 33.8 Å². The molecule has 1 aromatic rings. The Morgan fingerprint density at radius 1 is 0.593 bits per heavy atom. The minimum absolute atomic E-state index is 0.263. The van der Waals surface area contributed by atoms with Gasteiger partial charge in [0.15, 0.2) is 0 Å². The third-order valence-corrected chi connectivity index (χ3v) is 3.91. The largest absolute Gasteiger partial charge is 0.456 e. The molecule has 0 fully saturated rings. The maximum absolute atomic E-state index is 12.4. The summed E-state index contributed by atoms with van der Waals surface area (Å²) in [6.45, 7) is -1.65. The number of ether oxygens (including phenoxy) is 3. The van der Waals surface area contributed by atoms with E-state index in [1.807, 2.05) is 0 Å². The van der Waals surface area contributed by atoms with Crippen LogP contribution >= 0.6 is 67.8 Å². The second-order valence-electron chi connectivity index (χ2n) is 4.56. The third-order valence-electron chi connectivity index (χ3n) is 2.98. The first-order chi connectivity index (χ1) is 12.6.